The largest absolute Gasteiger partial charge is 0.390 e. The van der Waals surface area contributed by atoms with Gasteiger partial charge in [-0.05, 0) is 31.7 Å². The lowest BCUT2D eigenvalue weighted by Crippen LogP contribution is -2.52. The van der Waals surface area contributed by atoms with E-state index in [1.54, 1.807) is 6.92 Å². The number of nitrogens with zero attached hydrogens (tertiary/aromatic N) is 1. The van der Waals surface area contributed by atoms with Crippen molar-refractivity contribution in [3.63, 3.8) is 0 Å². The van der Waals surface area contributed by atoms with Crippen molar-refractivity contribution >= 4 is 5.91 Å². The number of benzene rings is 1. The second-order valence-corrected chi connectivity index (χ2v) is 6.93. The zero-order valence-electron chi connectivity index (χ0n) is 13.6. The predicted octanol–water partition coefficient (Wildman–Crippen LogP) is 3.36. The van der Waals surface area contributed by atoms with Gasteiger partial charge in [-0.2, -0.15) is 0 Å². The number of aliphatic hydroxyl groups is 1. The van der Waals surface area contributed by atoms with Crippen LogP contribution in [0, 0.1) is 29.3 Å². The summed E-state index contributed by atoms with van der Waals surface area (Å²) in [5.41, 5.74) is -1.37. The fourth-order valence-corrected chi connectivity index (χ4v) is 3.06. The summed E-state index contributed by atoms with van der Waals surface area (Å²) in [6.45, 7) is 6.29. The maximum Gasteiger partial charge on any atom is 0.256 e. The van der Waals surface area contributed by atoms with E-state index in [1.807, 2.05) is 13.8 Å². The highest BCUT2D eigenvalue weighted by molar-refractivity contribution is 5.94. The van der Waals surface area contributed by atoms with Crippen LogP contribution in [0.3, 0.4) is 0 Å². The standard InChI is InChI=1S/C17H22F3NO2/c1-10(2)6-11-9-21(5-4-17(11,3)23)16(22)12-7-14(19)15(20)8-13(12)18/h7-8,10-11,23H,4-6,9H2,1-3H3/t11-,17+/m1/s1. The van der Waals surface area contributed by atoms with Gasteiger partial charge in [0.25, 0.3) is 5.91 Å². The molecule has 2 atom stereocenters. The van der Waals surface area contributed by atoms with Crippen LogP contribution in [0.4, 0.5) is 13.2 Å². The Morgan fingerprint density at radius 2 is 1.91 bits per heavy atom. The van der Waals surface area contributed by atoms with E-state index in [0.29, 0.717) is 24.5 Å². The molecule has 2 rings (SSSR count). The number of likely N-dealkylation sites (tertiary alicyclic amines) is 1. The quantitative estimate of drug-likeness (QED) is 0.864. The molecule has 1 heterocycles. The molecule has 0 saturated carbocycles. The zero-order chi connectivity index (χ0) is 17.4. The minimum atomic E-state index is -1.32. The van der Waals surface area contributed by atoms with Crippen molar-refractivity contribution in [2.45, 2.75) is 39.2 Å². The van der Waals surface area contributed by atoms with Gasteiger partial charge in [-0.25, -0.2) is 13.2 Å². The van der Waals surface area contributed by atoms with Gasteiger partial charge in [-0.15, -0.1) is 0 Å². The maximum absolute atomic E-state index is 13.8. The summed E-state index contributed by atoms with van der Waals surface area (Å²) < 4.78 is 40.1. The Hall–Kier alpha value is -1.56. The normalized spacial score (nSPS) is 25.0. The molecule has 1 aliphatic rings. The molecule has 0 unspecified atom stereocenters. The molecule has 3 nitrogen and oxygen atoms in total. The van der Waals surface area contributed by atoms with Gasteiger partial charge in [-0.3, -0.25) is 4.79 Å². The van der Waals surface area contributed by atoms with Crippen LogP contribution in [0.5, 0.6) is 0 Å². The Morgan fingerprint density at radius 1 is 1.30 bits per heavy atom. The molecule has 1 aromatic carbocycles. The Kier molecular flexibility index (Phi) is 5.04. The molecule has 128 valence electrons. The van der Waals surface area contributed by atoms with E-state index in [1.165, 1.54) is 4.90 Å². The van der Waals surface area contributed by atoms with Crippen LogP contribution in [0.1, 0.15) is 44.0 Å². The van der Waals surface area contributed by atoms with Crippen LogP contribution < -0.4 is 0 Å². The van der Waals surface area contributed by atoms with Crippen molar-refractivity contribution in [3.8, 4) is 0 Å². The minimum absolute atomic E-state index is 0.145. The molecule has 0 spiro atoms. The SMILES string of the molecule is CC(C)C[C@@H]1CN(C(=O)c2cc(F)c(F)cc2F)CC[C@]1(C)O. The lowest BCUT2D eigenvalue weighted by atomic mass is 9.78. The highest BCUT2D eigenvalue weighted by Gasteiger charge is 2.39. The van der Waals surface area contributed by atoms with Crippen molar-refractivity contribution in [1.82, 2.24) is 4.90 Å². The predicted molar refractivity (Wildman–Crippen MR) is 80.4 cm³/mol. The van der Waals surface area contributed by atoms with Crippen molar-refractivity contribution in [2.24, 2.45) is 11.8 Å². The summed E-state index contributed by atoms with van der Waals surface area (Å²) in [4.78, 5) is 13.8. The lowest BCUT2D eigenvalue weighted by Gasteiger charge is -2.43. The molecular weight excluding hydrogens is 307 g/mol. The number of halogens is 3. The van der Waals surface area contributed by atoms with Gasteiger partial charge in [0.2, 0.25) is 0 Å². The van der Waals surface area contributed by atoms with Gasteiger partial charge < -0.3 is 10.0 Å². The molecule has 0 bridgehead atoms. The average molecular weight is 329 g/mol. The van der Waals surface area contributed by atoms with E-state index in [9.17, 15) is 23.1 Å². The van der Waals surface area contributed by atoms with Crippen molar-refractivity contribution in [2.75, 3.05) is 13.1 Å². The second-order valence-electron chi connectivity index (χ2n) is 6.93. The third kappa shape index (κ3) is 3.86. The van der Waals surface area contributed by atoms with Crippen LogP contribution in [-0.2, 0) is 0 Å². The third-order valence-corrected chi connectivity index (χ3v) is 4.49. The highest BCUT2D eigenvalue weighted by atomic mass is 19.2. The topological polar surface area (TPSA) is 40.5 Å². The van der Waals surface area contributed by atoms with E-state index in [4.69, 9.17) is 0 Å². The molecule has 1 aliphatic heterocycles. The molecule has 1 aromatic rings. The summed E-state index contributed by atoms with van der Waals surface area (Å²) >= 11 is 0. The first-order valence-corrected chi connectivity index (χ1v) is 7.78. The fourth-order valence-electron chi connectivity index (χ4n) is 3.06. The maximum atomic E-state index is 13.8. The Bertz CT molecular complexity index is 602. The summed E-state index contributed by atoms with van der Waals surface area (Å²) in [6, 6.07) is 0.978. The minimum Gasteiger partial charge on any atom is -0.390 e. The van der Waals surface area contributed by atoms with Crippen LogP contribution in [0.2, 0.25) is 0 Å². The number of carbonyl (C=O) groups is 1. The number of amides is 1. The molecule has 1 saturated heterocycles. The summed E-state index contributed by atoms with van der Waals surface area (Å²) in [5, 5.41) is 10.5. The van der Waals surface area contributed by atoms with Crippen LogP contribution in [-0.4, -0.2) is 34.6 Å². The number of hydrogen-bond donors (Lipinski definition) is 1. The van der Waals surface area contributed by atoms with Crippen LogP contribution in [0.25, 0.3) is 0 Å². The Balaban J connectivity index is 2.22. The molecule has 0 aliphatic carbocycles. The highest BCUT2D eigenvalue weighted by Crippen LogP contribution is 2.33. The summed E-state index contributed by atoms with van der Waals surface area (Å²) in [7, 11) is 0. The average Bonchev–Trinajstić information content (AvgIpc) is 2.44. The van der Waals surface area contributed by atoms with E-state index < -0.39 is 34.5 Å². The van der Waals surface area contributed by atoms with E-state index in [-0.39, 0.29) is 19.0 Å². The first-order valence-electron chi connectivity index (χ1n) is 7.78. The Labute approximate surface area is 134 Å². The second kappa shape index (κ2) is 6.51. The number of hydrogen-bond acceptors (Lipinski definition) is 2. The number of piperidine rings is 1. The van der Waals surface area contributed by atoms with Crippen LogP contribution in [0.15, 0.2) is 12.1 Å². The van der Waals surface area contributed by atoms with E-state index in [2.05, 4.69) is 0 Å². The first-order chi connectivity index (χ1) is 10.6. The number of carbonyl (C=O) groups excluding carboxylic acids is 1. The fraction of sp³-hybridized carbons (Fsp3) is 0.588. The molecule has 1 fully saturated rings. The molecular formula is C17H22F3NO2. The van der Waals surface area contributed by atoms with E-state index >= 15 is 0 Å². The smallest absolute Gasteiger partial charge is 0.256 e. The lowest BCUT2D eigenvalue weighted by molar-refractivity contribution is -0.0577. The van der Waals surface area contributed by atoms with Crippen molar-refractivity contribution in [1.29, 1.82) is 0 Å². The summed E-state index contributed by atoms with van der Waals surface area (Å²) in [5.74, 6) is -4.14. The molecule has 1 amide bonds. The Morgan fingerprint density at radius 3 is 2.52 bits per heavy atom. The molecule has 1 N–H and O–H groups in total. The monoisotopic (exact) mass is 329 g/mol. The zero-order valence-corrected chi connectivity index (χ0v) is 13.6. The van der Waals surface area contributed by atoms with E-state index in [0.717, 1.165) is 6.42 Å². The van der Waals surface area contributed by atoms with Crippen molar-refractivity contribution < 1.29 is 23.1 Å². The molecule has 23 heavy (non-hydrogen) atoms. The molecule has 0 radical (unpaired) electrons. The summed E-state index contributed by atoms with van der Waals surface area (Å²) in [6.07, 6.45) is 1.08. The third-order valence-electron chi connectivity index (χ3n) is 4.49. The molecule has 0 aromatic heterocycles. The van der Waals surface area contributed by atoms with Gasteiger partial charge in [0, 0.05) is 25.1 Å². The van der Waals surface area contributed by atoms with Gasteiger partial charge in [0.05, 0.1) is 11.2 Å². The molecule has 6 heteroatoms. The van der Waals surface area contributed by atoms with Gasteiger partial charge >= 0.3 is 0 Å². The van der Waals surface area contributed by atoms with Crippen LogP contribution >= 0.6 is 0 Å². The first kappa shape index (κ1) is 17.8. The number of rotatable bonds is 3. The van der Waals surface area contributed by atoms with Gasteiger partial charge in [0.1, 0.15) is 5.82 Å². The van der Waals surface area contributed by atoms with Gasteiger partial charge in [-0.1, -0.05) is 13.8 Å². The van der Waals surface area contributed by atoms with Crippen molar-refractivity contribution in [3.05, 3.63) is 35.1 Å². The van der Waals surface area contributed by atoms with Gasteiger partial charge in [0.15, 0.2) is 11.6 Å².